The lowest BCUT2D eigenvalue weighted by atomic mass is 10.2. The first-order valence-electron chi connectivity index (χ1n) is 6.83. The Morgan fingerprint density at radius 3 is 2.44 bits per heavy atom. The van der Waals surface area contributed by atoms with Gasteiger partial charge in [0.15, 0.2) is 0 Å². The standard InChI is InChI=1S/C9H16N2.C4H8O/c1-2-5-9-10-6-4-8-11(9)7-3-1;1-2-4-5-3-1/h1-8H2;1-4H2. The largest absolute Gasteiger partial charge is 0.381 e. The van der Waals surface area contributed by atoms with E-state index in [9.17, 15) is 0 Å². The molecule has 16 heavy (non-hydrogen) atoms. The van der Waals surface area contributed by atoms with Crippen LogP contribution in [0.4, 0.5) is 0 Å². The molecule has 0 aromatic heterocycles. The predicted molar refractivity (Wildman–Crippen MR) is 67.0 cm³/mol. The second-order valence-electron chi connectivity index (χ2n) is 4.77. The van der Waals surface area contributed by atoms with E-state index in [2.05, 4.69) is 9.89 Å². The van der Waals surface area contributed by atoms with E-state index in [1.165, 1.54) is 63.9 Å². The van der Waals surface area contributed by atoms with Crippen molar-refractivity contribution in [2.45, 2.75) is 44.9 Å². The molecule has 0 N–H and O–H groups in total. The molecule has 3 nitrogen and oxygen atoms in total. The first-order chi connectivity index (χ1) is 7.97. The van der Waals surface area contributed by atoms with Gasteiger partial charge in [-0.1, -0.05) is 6.42 Å². The number of ether oxygens (including phenoxy) is 1. The van der Waals surface area contributed by atoms with E-state index in [1.807, 2.05) is 0 Å². The van der Waals surface area contributed by atoms with Gasteiger partial charge in [0, 0.05) is 39.3 Å². The molecule has 2 fully saturated rings. The highest BCUT2D eigenvalue weighted by atomic mass is 16.5. The minimum atomic E-state index is 1.00. The van der Waals surface area contributed by atoms with Crippen molar-refractivity contribution in [3.63, 3.8) is 0 Å². The molecule has 3 heterocycles. The first-order valence-corrected chi connectivity index (χ1v) is 6.83. The Balaban J connectivity index is 0.000000162. The molecule has 0 radical (unpaired) electrons. The highest BCUT2D eigenvalue weighted by molar-refractivity contribution is 5.83. The van der Waals surface area contributed by atoms with E-state index in [-0.39, 0.29) is 0 Å². The molecular weight excluding hydrogens is 200 g/mol. The maximum Gasteiger partial charge on any atom is 0.0988 e. The number of rotatable bonds is 0. The summed E-state index contributed by atoms with van der Waals surface area (Å²) in [4.78, 5) is 7.04. The van der Waals surface area contributed by atoms with Crippen molar-refractivity contribution in [3.05, 3.63) is 0 Å². The summed E-state index contributed by atoms with van der Waals surface area (Å²) in [5.74, 6) is 1.40. The Hall–Kier alpha value is -0.570. The van der Waals surface area contributed by atoms with Crippen molar-refractivity contribution in [1.29, 1.82) is 0 Å². The monoisotopic (exact) mass is 224 g/mol. The number of aliphatic imine (C=N–C) groups is 1. The van der Waals surface area contributed by atoms with Crippen molar-refractivity contribution in [2.75, 3.05) is 32.8 Å². The highest BCUT2D eigenvalue weighted by Crippen LogP contribution is 2.15. The number of fused-ring (bicyclic) bond motifs is 1. The van der Waals surface area contributed by atoms with E-state index in [4.69, 9.17) is 4.74 Å². The molecular formula is C13H24N2O. The van der Waals surface area contributed by atoms with Gasteiger partial charge in [0.05, 0.1) is 5.84 Å². The SMILES string of the molecule is C1CCC2=NCCCN2CC1.C1CCOC1. The Morgan fingerprint density at radius 1 is 0.875 bits per heavy atom. The third kappa shape index (κ3) is 3.78. The zero-order chi connectivity index (χ0) is 11.1. The summed E-state index contributed by atoms with van der Waals surface area (Å²) >= 11 is 0. The van der Waals surface area contributed by atoms with Crippen LogP contribution in [0, 0.1) is 0 Å². The topological polar surface area (TPSA) is 24.8 Å². The second-order valence-corrected chi connectivity index (χ2v) is 4.77. The number of hydrogen-bond acceptors (Lipinski definition) is 3. The number of hydrogen-bond donors (Lipinski definition) is 0. The fourth-order valence-electron chi connectivity index (χ4n) is 2.45. The lowest BCUT2D eigenvalue weighted by Gasteiger charge is -2.27. The number of nitrogens with zero attached hydrogens (tertiary/aromatic N) is 2. The van der Waals surface area contributed by atoms with E-state index < -0.39 is 0 Å². The molecule has 3 heteroatoms. The van der Waals surface area contributed by atoms with E-state index >= 15 is 0 Å². The number of amidine groups is 1. The Kier molecular flexibility index (Phi) is 5.13. The summed E-state index contributed by atoms with van der Waals surface area (Å²) < 4.78 is 4.94. The van der Waals surface area contributed by atoms with Gasteiger partial charge >= 0.3 is 0 Å². The van der Waals surface area contributed by atoms with Crippen LogP contribution in [0.2, 0.25) is 0 Å². The molecule has 0 saturated carbocycles. The summed E-state index contributed by atoms with van der Waals surface area (Å²) in [6.07, 6.45) is 9.19. The van der Waals surface area contributed by atoms with Gasteiger partial charge in [0.1, 0.15) is 0 Å². The highest BCUT2D eigenvalue weighted by Gasteiger charge is 2.16. The zero-order valence-electron chi connectivity index (χ0n) is 10.3. The van der Waals surface area contributed by atoms with Gasteiger partial charge in [-0.3, -0.25) is 4.99 Å². The van der Waals surface area contributed by atoms with Gasteiger partial charge in [0.25, 0.3) is 0 Å². The third-order valence-corrected chi connectivity index (χ3v) is 3.40. The summed E-state index contributed by atoms with van der Waals surface area (Å²) in [7, 11) is 0. The summed E-state index contributed by atoms with van der Waals surface area (Å²) in [6.45, 7) is 5.60. The predicted octanol–water partition coefficient (Wildman–Crippen LogP) is 2.46. The Bertz CT molecular complexity index is 216. The van der Waals surface area contributed by atoms with E-state index in [1.54, 1.807) is 0 Å². The first kappa shape index (κ1) is 11.9. The average molecular weight is 224 g/mol. The van der Waals surface area contributed by atoms with Crippen molar-refractivity contribution in [1.82, 2.24) is 4.90 Å². The fourth-order valence-corrected chi connectivity index (χ4v) is 2.45. The maximum atomic E-state index is 4.94. The van der Waals surface area contributed by atoms with Crippen LogP contribution in [0.25, 0.3) is 0 Å². The minimum absolute atomic E-state index is 1.00. The van der Waals surface area contributed by atoms with Crippen LogP contribution in [-0.2, 0) is 4.74 Å². The molecule has 0 amide bonds. The van der Waals surface area contributed by atoms with Gasteiger partial charge in [-0.2, -0.15) is 0 Å². The van der Waals surface area contributed by atoms with Crippen LogP contribution in [0.5, 0.6) is 0 Å². The zero-order valence-corrected chi connectivity index (χ0v) is 10.3. The summed E-state index contributed by atoms with van der Waals surface area (Å²) in [6, 6.07) is 0. The maximum absolute atomic E-state index is 4.94. The summed E-state index contributed by atoms with van der Waals surface area (Å²) in [5, 5.41) is 0. The molecule has 0 aromatic carbocycles. The third-order valence-electron chi connectivity index (χ3n) is 3.40. The van der Waals surface area contributed by atoms with Crippen LogP contribution in [0.3, 0.4) is 0 Å². The smallest absolute Gasteiger partial charge is 0.0988 e. The van der Waals surface area contributed by atoms with E-state index in [0.29, 0.717) is 0 Å². The second kappa shape index (κ2) is 6.89. The summed E-state index contributed by atoms with van der Waals surface area (Å²) in [5.41, 5.74) is 0. The van der Waals surface area contributed by atoms with Crippen LogP contribution >= 0.6 is 0 Å². The van der Waals surface area contributed by atoms with Crippen LogP contribution in [-0.4, -0.2) is 43.6 Å². The van der Waals surface area contributed by atoms with Gasteiger partial charge in [-0.05, 0) is 32.1 Å². The minimum Gasteiger partial charge on any atom is -0.381 e. The molecule has 0 bridgehead atoms. The molecule has 0 aliphatic carbocycles. The normalized spacial score (nSPS) is 25.0. The van der Waals surface area contributed by atoms with Crippen molar-refractivity contribution >= 4 is 5.84 Å². The molecule has 92 valence electrons. The van der Waals surface area contributed by atoms with Gasteiger partial charge in [-0.25, -0.2) is 0 Å². The molecule has 0 spiro atoms. The van der Waals surface area contributed by atoms with Gasteiger partial charge in [0.2, 0.25) is 0 Å². The Labute approximate surface area is 98.9 Å². The quantitative estimate of drug-likeness (QED) is 0.631. The molecule has 3 aliphatic heterocycles. The molecule has 0 aromatic rings. The van der Waals surface area contributed by atoms with Gasteiger partial charge < -0.3 is 9.64 Å². The molecule has 0 atom stereocenters. The van der Waals surface area contributed by atoms with Crippen LogP contribution in [0.1, 0.15) is 44.9 Å². The van der Waals surface area contributed by atoms with Crippen LogP contribution < -0.4 is 0 Å². The fraction of sp³-hybridized carbons (Fsp3) is 0.923. The van der Waals surface area contributed by atoms with E-state index in [0.717, 1.165) is 19.8 Å². The van der Waals surface area contributed by atoms with Crippen molar-refractivity contribution in [3.8, 4) is 0 Å². The lowest BCUT2D eigenvalue weighted by Crippen LogP contribution is -2.34. The van der Waals surface area contributed by atoms with Crippen molar-refractivity contribution < 1.29 is 4.74 Å². The molecule has 2 saturated heterocycles. The average Bonchev–Trinajstić information content (AvgIpc) is 2.81. The lowest BCUT2D eigenvalue weighted by molar-refractivity contribution is 0.198. The van der Waals surface area contributed by atoms with Crippen molar-refractivity contribution in [2.24, 2.45) is 4.99 Å². The molecule has 3 rings (SSSR count). The van der Waals surface area contributed by atoms with Gasteiger partial charge in [-0.15, -0.1) is 0 Å². The molecule has 0 unspecified atom stereocenters. The molecule has 3 aliphatic rings. The Morgan fingerprint density at radius 2 is 1.69 bits per heavy atom. The van der Waals surface area contributed by atoms with Crippen LogP contribution in [0.15, 0.2) is 4.99 Å².